The van der Waals surface area contributed by atoms with Gasteiger partial charge in [0.2, 0.25) is 0 Å². The van der Waals surface area contributed by atoms with Gasteiger partial charge in [0.1, 0.15) is 11.2 Å². The molecule has 0 N–H and O–H groups in total. The number of nitriles is 2. The van der Waals surface area contributed by atoms with Gasteiger partial charge in [0, 0.05) is 63.9 Å². The lowest BCUT2D eigenvalue weighted by Crippen LogP contribution is -1.94. The third-order valence-corrected chi connectivity index (χ3v) is 11.3. The fourth-order valence-electron chi connectivity index (χ4n) is 8.01. The molecule has 5 nitrogen and oxygen atoms in total. The standard InChI is InChI=1S/C44H22N4OS/c45-23-25-9-14-37-32(19-25)29-5-1-3-7-36(29)47(37)27-11-16-39-34(21-27)35-22-28(12-17-40(35)49-39)48-38-15-10-26(24-46)20-33(38)30-13-18-42-43(44(30)48)31-6-2-4-8-41(31)50-42/h1-22H. The summed E-state index contributed by atoms with van der Waals surface area (Å²) >= 11 is 1.81. The van der Waals surface area contributed by atoms with Crippen molar-refractivity contribution in [1.29, 1.82) is 10.5 Å². The predicted octanol–water partition coefficient (Wildman–Crippen LogP) is 11.9. The van der Waals surface area contributed by atoms with Crippen molar-refractivity contribution in [1.82, 2.24) is 9.13 Å². The van der Waals surface area contributed by atoms with Crippen LogP contribution >= 0.6 is 11.3 Å². The predicted molar refractivity (Wildman–Crippen MR) is 205 cm³/mol. The van der Waals surface area contributed by atoms with Crippen LogP contribution in [0.3, 0.4) is 0 Å². The van der Waals surface area contributed by atoms with Crippen molar-refractivity contribution in [3.05, 3.63) is 145 Å². The van der Waals surface area contributed by atoms with E-state index in [9.17, 15) is 10.5 Å². The molecule has 0 spiro atoms. The van der Waals surface area contributed by atoms with Gasteiger partial charge in [-0.25, -0.2) is 0 Å². The molecule has 0 aliphatic rings. The minimum Gasteiger partial charge on any atom is -0.456 e. The average Bonchev–Trinajstić information content (AvgIpc) is 3.91. The van der Waals surface area contributed by atoms with E-state index >= 15 is 0 Å². The van der Waals surface area contributed by atoms with Gasteiger partial charge in [-0.2, -0.15) is 10.5 Å². The second-order valence-electron chi connectivity index (χ2n) is 12.8. The fourth-order valence-corrected chi connectivity index (χ4v) is 9.11. The van der Waals surface area contributed by atoms with E-state index in [0.717, 1.165) is 76.9 Å². The van der Waals surface area contributed by atoms with Crippen LogP contribution in [0.15, 0.2) is 138 Å². The van der Waals surface area contributed by atoms with Crippen LogP contribution in [0, 0.1) is 22.7 Å². The van der Waals surface area contributed by atoms with Crippen LogP contribution in [0.4, 0.5) is 0 Å². The highest BCUT2D eigenvalue weighted by Crippen LogP contribution is 2.44. The third-order valence-electron chi connectivity index (χ3n) is 10.2. The second kappa shape index (κ2) is 9.84. The molecule has 11 rings (SSSR count). The van der Waals surface area contributed by atoms with E-state index in [4.69, 9.17) is 4.42 Å². The number of aromatic nitrogens is 2. The summed E-state index contributed by atoms with van der Waals surface area (Å²) in [6, 6.07) is 50.7. The number of benzene rings is 7. The maximum absolute atomic E-state index is 9.82. The zero-order chi connectivity index (χ0) is 33.1. The molecule has 4 aromatic heterocycles. The Balaban J connectivity index is 1.21. The first-order valence-electron chi connectivity index (χ1n) is 16.4. The van der Waals surface area contributed by atoms with E-state index in [1.54, 1.807) is 0 Å². The Morgan fingerprint density at radius 2 is 1.06 bits per heavy atom. The number of hydrogen-bond acceptors (Lipinski definition) is 4. The summed E-state index contributed by atoms with van der Waals surface area (Å²) in [5.74, 6) is 0. The summed E-state index contributed by atoms with van der Waals surface area (Å²) < 4.78 is 13.5. The smallest absolute Gasteiger partial charge is 0.135 e. The summed E-state index contributed by atoms with van der Waals surface area (Å²) in [5.41, 5.74) is 9.30. The highest BCUT2D eigenvalue weighted by atomic mass is 32.1. The van der Waals surface area contributed by atoms with Crippen LogP contribution in [-0.2, 0) is 0 Å². The van der Waals surface area contributed by atoms with Crippen molar-refractivity contribution < 1.29 is 4.42 Å². The second-order valence-corrected chi connectivity index (χ2v) is 13.9. The van der Waals surface area contributed by atoms with Gasteiger partial charge in [0.15, 0.2) is 0 Å². The molecule has 0 unspecified atom stereocenters. The molecular formula is C44H22N4OS. The van der Waals surface area contributed by atoms with Crippen molar-refractivity contribution in [2.75, 3.05) is 0 Å². The molecule has 230 valence electrons. The Labute approximate surface area is 288 Å². The van der Waals surface area contributed by atoms with Gasteiger partial charge in [-0.1, -0.05) is 42.5 Å². The third kappa shape index (κ3) is 3.58. The highest BCUT2D eigenvalue weighted by molar-refractivity contribution is 7.26. The molecule has 11 aromatic rings. The van der Waals surface area contributed by atoms with Gasteiger partial charge in [-0.3, -0.25) is 0 Å². The van der Waals surface area contributed by atoms with Crippen molar-refractivity contribution >= 4 is 97.1 Å². The maximum Gasteiger partial charge on any atom is 0.135 e. The molecule has 0 fully saturated rings. The number of para-hydroxylation sites is 1. The minimum atomic E-state index is 0.643. The monoisotopic (exact) mass is 654 g/mol. The largest absolute Gasteiger partial charge is 0.456 e. The van der Waals surface area contributed by atoms with Crippen molar-refractivity contribution in [3.8, 4) is 23.5 Å². The summed E-state index contributed by atoms with van der Waals surface area (Å²) in [7, 11) is 0. The first kappa shape index (κ1) is 27.1. The van der Waals surface area contributed by atoms with Gasteiger partial charge in [0.05, 0.1) is 45.3 Å². The van der Waals surface area contributed by atoms with E-state index in [-0.39, 0.29) is 0 Å². The van der Waals surface area contributed by atoms with E-state index in [2.05, 4.69) is 118 Å². The van der Waals surface area contributed by atoms with E-state index in [0.29, 0.717) is 11.1 Å². The number of thiophene rings is 1. The normalized spacial score (nSPS) is 12.0. The van der Waals surface area contributed by atoms with Gasteiger partial charge in [-0.05, 0) is 91.0 Å². The number of nitrogens with zero attached hydrogens (tertiary/aromatic N) is 4. The summed E-state index contributed by atoms with van der Waals surface area (Å²) in [6.45, 7) is 0. The fraction of sp³-hybridized carbons (Fsp3) is 0. The Morgan fingerprint density at radius 3 is 1.78 bits per heavy atom. The van der Waals surface area contributed by atoms with Gasteiger partial charge >= 0.3 is 0 Å². The molecule has 0 atom stereocenters. The SMILES string of the molecule is N#Cc1ccc2c(c1)c1ccccc1n2-c1ccc2oc3ccc(-n4c5ccc(C#N)cc5c5ccc6sc7ccccc7c6c54)cc3c2c1. The van der Waals surface area contributed by atoms with Gasteiger partial charge in [-0.15, -0.1) is 11.3 Å². The molecule has 0 saturated carbocycles. The molecule has 4 heterocycles. The Hall–Kier alpha value is -6.86. The van der Waals surface area contributed by atoms with Crippen molar-refractivity contribution in [3.63, 3.8) is 0 Å². The van der Waals surface area contributed by atoms with Crippen LogP contribution in [0.25, 0.3) is 97.1 Å². The Morgan fingerprint density at radius 1 is 0.460 bits per heavy atom. The topological polar surface area (TPSA) is 70.6 Å². The van der Waals surface area contributed by atoms with Crippen LogP contribution < -0.4 is 0 Å². The van der Waals surface area contributed by atoms with E-state index in [1.165, 1.54) is 20.2 Å². The highest BCUT2D eigenvalue weighted by Gasteiger charge is 2.20. The zero-order valence-corrected chi connectivity index (χ0v) is 27.1. The maximum atomic E-state index is 9.82. The molecule has 50 heavy (non-hydrogen) atoms. The molecule has 6 heteroatoms. The van der Waals surface area contributed by atoms with Crippen LogP contribution in [0.5, 0.6) is 0 Å². The minimum absolute atomic E-state index is 0.643. The summed E-state index contributed by atoms with van der Waals surface area (Å²) in [4.78, 5) is 0. The number of fused-ring (bicyclic) bond motifs is 13. The lowest BCUT2D eigenvalue weighted by Gasteiger charge is -2.10. The van der Waals surface area contributed by atoms with Crippen LogP contribution in [-0.4, -0.2) is 9.13 Å². The average molecular weight is 655 g/mol. The molecule has 0 aliphatic heterocycles. The molecule has 7 aromatic carbocycles. The lowest BCUT2D eigenvalue weighted by atomic mass is 10.1. The summed E-state index contributed by atoms with van der Waals surface area (Å²) in [5, 5.41) is 28.3. The molecule has 0 amide bonds. The summed E-state index contributed by atoms with van der Waals surface area (Å²) in [6.07, 6.45) is 0. The lowest BCUT2D eigenvalue weighted by molar-refractivity contribution is 0.669. The molecule has 0 saturated heterocycles. The number of rotatable bonds is 2. The molecule has 0 bridgehead atoms. The van der Waals surface area contributed by atoms with Crippen LogP contribution in [0.2, 0.25) is 0 Å². The molecule has 0 aliphatic carbocycles. The van der Waals surface area contributed by atoms with Gasteiger partial charge < -0.3 is 13.6 Å². The number of furan rings is 1. The van der Waals surface area contributed by atoms with Crippen molar-refractivity contribution in [2.24, 2.45) is 0 Å². The van der Waals surface area contributed by atoms with Gasteiger partial charge in [0.25, 0.3) is 0 Å². The Kier molecular flexibility index (Phi) is 5.34. The van der Waals surface area contributed by atoms with Crippen LogP contribution in [0.1, 0.15) is 11.1 Å². The van der Waals surface area contributed by atoms with Crippen molar-refractivity contribution in [2.45, 2.75) is 0 Å². The van der Waals surface area contributed by atoms with E-state index < -0.39 is 0 Å². The first-order valence-corrected chi connectivity index (χ1v) is 17.2. The van der Waals surface area contributed by atoms with E-state index in [1.807, 2.05) is 47.7 Å². The zero-order valence-electron chi connectivity index (χ0n) is 26.3. The molecular weight excluding hydrogens is 633 g/mol. The Bertz CT molecular complexity index is 3360. The first-order chi connectivity index (χ1) is 24.7. The number of hydrogen-bond donors (Lipinski definition) is 0. The molecule has 0 radical (unpaired) electrons. The quantitative estimate of drug-likeness (QED) is 0.186.